The van der Waals surface area contributed by atoms with E-state index >= 15 is 0 Å². The molecule has 0 aliphatic carbocycles. The highest BCUT2D eigenvalue weighted by Crippen LogP contribution is 2.18. The molecule has 1 heterocycles. The number of carbonyl (C=O) groups excluding carboxylic acids is 1. The predicted octanol–water partition coefficient (Wildman–Crippen LogP) is -2.33. The maximum atomic E-state index is 11.4. The third-order valence-electron chi connectivity index (χ3n) is 2.21. The number of quaternary nitrogens is 1. The lowest BCUT2D eigenvalue weighted by molar-refractivity contribution is -0.879. The second-order valence-corrected chi connectivity index (χ2v) is 4.68. The van der Waals surface area contributed by atoms with Gasteiger partial charge in [-0.15, -0.1) is 0 Å². The Kier molecular flexibility index (Phi) is 4.20. The van der Waals surface area contributed by atoms with E-state index in [2.05, 4.69) is 28.1 Å². The maximum absolute atomic E-state index is 11.4. The summed E-state index contributed by atoms with van der Waals surface area (Å²) in [5, 5.41) is 0. The van der Waals surface area contributed by atoms with Crippen molar-refractivity contribution in [3.8, 4) is 0 Å². The Morgan fingerprint density at radius 3 is 2.31 bits per heavy atom. The number of nitrogens with zero attached hydrogens (tertiary/aromatic N) is 2. The van der Waals surface area contributed by atoms with Crippen molar-refractivity contribution in [2.24, 2.45) is 0 Å². The van der Waals surface area contributed by atoms with Crippen molar-refractivity contribution < 1.29 is 21.7 Å². The van der Waals surface area contributed by atoms with Gasteiger partial charge in [0.2, 0.25) is 5.91 Å². The molecule has 1 aliphatic heterocycles. The van der Waals surface area contributed by atoms with E-state index in [1.54, 1.807) is 0 Å². The molecule has 0 aromatic rings. The Morgan fingerprint density at radius 2 is 2.00 bits per heavy atom. The molecule has 0 aromatic heterocycles. The second kappa shape index (κ2) is 4.29. The van der Waals surface area contributed by atoms with Gasteiger partial charge in [-0.1, -0.05) is 0 Å². The molecule has 1 aliphatic rings. The number of rotatable bonds is 2. The molecular weight excluding hydrogens is 188 g/mol. The Labute approximate surface area is 86.7 Å². The lowest BCUT2D eigenvalue weighted by Crippen LogP contribution is -3.00. The van der Waals surface area contributed by atoms with Crippen LogP contribution in [-0.4, -0.2) is 49.1 Å². The first kappa shape index (κ1) is 12.7. The van der Waals surface area contributed by atoms with E-state index in [1.165, 1.54) is 0 Å². The summed E-state index contributed by atoms with van der Waals surface area (Å²) in [6.07, 6.45) is 1.76. The standard InChI is InChI=1S/C9H19N2O.ClH/c1-8-5-6-9(12)10(8)7-11(2,3)4;/h8H,5-7H2,1-4H3;1H/q+1;/p-1. The van der Waals surface area contributed by atoms with Gasteiger partial charge in [0.15, 0.2) is 6.67 Å². The maximum Gasteiger partial charge on any atom is 0.227 e. The van der Waals surface area contributed by atoms with Crippen LogP contribution in [-0.2, 0) is 4.79 Å². The molecule has 0 bridgehead atoms. The molecule has 1 fully saturated rings. The van der Waals surface area contributed by atoms with E-state index < -0.39 is 0 Å². The minimum absolute atomic E-state index is 0. The summed E-state index contributed by atoms with van der Waals surface area (Å²) in [5.74, 6) is 0.315. The van der Waals surface area contributed by atoms with E-state index in [-0.39, 0.29) is 12.4 Å². The van der Waals surface area contributed by atoms with E-state index in [4.69, 9.17) is 0 Å². The zero-order chi connectivity index (χ0) is 9.35. The van der Waals surface area contributed by atoms with E-state index in [1.807, 2.05) is 4.90 Å². The number of amides is 1. The average Bonchev–Trinajstić information content (AvgIpc) is 2.16. The van der Waals surface area contributed by atoms with Crippen LogP contribution in [0.4, 0.5) is 0 Å². The van der Waals surface area contributed by atoms with Crippen molar-refractivity contribution in [3.63, 3.8) is 0 Å². The van der Waals surface area contributed by atoms with Crippen LogP contribution >= 0.6 is 0 Å². The highest BCUT2D eigenvalue weighted by atomic mass is 35.5. The topological polar surface area (TPSA) is 20.3 Å². The highest BCUT2D eigenvalue weighted by molar-refractivity contribution is 5.78. The van der Waals surface area contributed by atoms with Crippen LogP contribution in [0.2, 0.25) is 0 Å². The van der Waals surface area contributed by atoms with Crippen molar-refractivity contribution in [1.82, 2.24) is 4.90 Å². The Bertz CT molecular complexity index is 189. The summed E-state index contributed by atoms with van der Waals surface area (Å²) in [6, 6.07) is 0.440. The van der Waals surface area contributed by atoms with Crippen LogP contribution in [0.1, 0.15) is 19.8 Å². The molecule has 0 saturated carbocycles. The summed E-state index contributed by atoms with van der Waals surface area (Å²) in [4.78, 5) is 13.4. The number of carbonyl (C=O) groups is 1. The molecule has 3 nitrogen and oxygen atoms in total. The summed E-state index contributed by atoms with van der Waals surface area (Å²) in [6.45, 7) is 2.96. The summed E-state index contributed by atoms with van der Waals surface area (Å²) >= 11 is 0. The van der Waals surface area contributed by atoms with Crippen LogP contribution in [0.3, 0.4) is 0 Å². The van der Waals surface area contributed by atoms with Crippen LogP contribution in [0.25, 0.3) is 0 Å². The third-order valence-corrected chi connectivity index (χ3v) is 2.21. The SMILES string of the molecule is CC1CCC(=O)N1C[N+](C)(C)C.[Cl-]. The molecule has 1 saturated heterocycles. The zero-order valence-corrected chi connectivity index (χ0v) is 9.64. The largest absolute Gasteiger partial charge is 1.00 e. The zero-order valence-electron chi connectivity index (χ0n) is 8.88. The van der Waals surface area contributed by atoms with Crippen molar-refractivity contribution in [2.45, 2.75) is 25.8 Å². The Hall–Kier alpha value is -0.280. The van der Waals surface area contributed by atoms with Gasteiger partial charge in [0.25, 0.3) is 0 Å². The van der Waals surface area contributed by atoms with Crippen LogP contribution in [0.5, 0.6) is 0 Å². The van der Waals surface area contributed by atoms with Gasteiger partial charge < -0.3 is 16.9 Å². The molecule has 0 radical (unpaired) electrons. The molecule has 0 aromatic carbocycles. The smallest absolute Gasteiger partial charge is 0.227 e. The first-order chi connectivity index (χ1) is 5.40. The summed E-state index contributed by atoms with van der Waals surface area (Å²) < 4.78 is 0.829. The van der Waals surface area contributed by atoms with Gasteiger partial charge in [0, 0.05) is 12.5 Å². The molecule has 0 N–H and O–H groups in total. The summed E-state index contributed by atoms with van der Waals surface area (Å²) in [5.41, 5.74) is 0. The van der Waals surface area contributed by atoms with Gasteiger partial charge >= 0.3 is 0 Å². The monoisotopic (exact) mass is 206 g/mol. The quantitative estimate of drug-likeness (QED) is 0.464. The number of hydrogen-bond acceptors (Lipinski definition) is 1. The number of halogens is 1. The van der Waals surface area contributed by atoms with Crippen molar-refractivity contribution in [2.75, 3.05) is 27.8 Å². The van der Waals surface area contributed by atoms with Crippen LogP contribution in [0.15, 0.2) is 0 Å². The molecule has 1 rings (SSSR count). The number of hydrogen-bond donors (Lipinski definition) is 0. The predicted molar refractivity (Wildman–Crippen MR) is 48.4 cm³/mol. The van der Waals surface area contributed by atoms with Gasteiger partial charge in [-0.25, -0.2) is 0 Å². The van der Waals surface area contributed by atoms with Crippen LogP contribution in [0, 0.1) is 0 Å². The van der Waals surface area contributed by atoms with E-state index in [0.29, 0.717) is 11.9 Å². The Balaban J connectivity index is 0.00000144. The fraction of sp³-hybridized carbons (Fsp3) is 0.889. The first-order valence-electron chi connectivity index (χ1n) is 4.50. The van der Waals surface area contributed by atoms with E-state index in [0.717, 1.165) is 24.0 Å². The van der Waals surface area contributed by atoms with Gasteiger partial charge in [-0.2, -0.15) is 0 Å². The minimum Gasteiger partial charge on any atom is -1.00 e. The van der Waals surface area contributed by atoms with Crippen molar-refractivity contribution in [1.29, 1.82) is 0 Å². The molecule has 0 spiro atoms. The van der Waals surface area contributed by atoms with Gasteiger partial charge in [0.1, 0.15) is 0 Å². The molecule has 1 amide bonds. The molecule has 78 valence electrons. The fourth-order valence-electron chi connectivity index (χ4n) is 1.55. The van der Waals surface area contributed by atoms with Gasteiger partial charge in [0.05, 0.1) is 21.1 Å². The van der Waals surface area contributed by atoms with Crippen molar-refractivity contribution >= 4 is 5.91 Å². The molecule has 1 atom stereocenters. The van der Waals surface area contributed by atoms with Crippen molar-refractivity contribution in [3.05, 3.63) is 0 Å². The lowest BCUT2D eigenvalue weighted by Gasteiger charge is -2.31. The molecule has 13 heavy (non-hydrogen) atoms. The van der Waals surface area contributed by atoms with E-state index in [9.17, 15) is 4.79 Å². The molecule has 1 unspecified atom stereocenters. The molecular formula is C9H19ClN2O. The fourth-order valence-corrected chi connectivity index (χ4v) is 1.55. The number of likely N-dealkylation sites (tertiary alicyclic amines) is 1. The van der Waals surface area contributed by atoms with Gasteiger partial charge in [-0.05, 0) is 13.3 Å². The summed E-state index contributed by atoms with van der Waals surface area (Å²) in [7, 11) is 6.33. The third kappa shape index (κ3) is 3.53. The lowest BCUT2D eigenvalue weighted by atomic mass is 10.2. The highest BCUT2D eigenvalue weighted by Gasteiger charge is 2.30. The molecule has 4 heteroatoms. The van der Waals surface area contributed by atoms with Crippen LogP contribution < -0.4 is 12.4 Å². The normalized spacial score (nSPS) is 23.2. The Morgan fingerprint density at radius 1 is 1.46 bits per heavy atom. The second-order valence-electron chi connectivity index (χ2n) is 4.68. The van der Waals surface area contributed by atoms with Gasteiger partial charge in [-0.3, -0.25) is 9.69 Å². The minimum atomic E-state index is 0. The average molecular weight is 207 g/mol. The first-order valence-corrected chi connectivity index (χ1v) is 4.50.